The molecular formula is C12H21N3O5S. The minimum absolute atomic E-state index is 0.0514. The summed E-state index contributed by atoms with van der Waals surface area (Å²) in [5.74, 6) is -1.07. The average molecular weight is 319 g/mol. The average Bonchev–Trinajstić information content (AvgIpc) is 2.63. The van der Waals surface area contributed by atoms with Crippen LogP contribution in [0.1, 0.15) is 24.2 Å². The van der Waals surface area contributed by atoms with Gasteiger partial charge in [0, 0.05) is 20.3 Å². The number of aromatic nitrogens is 2. The van der Waals surface area contributed by atoms with Crippen molar-refractivity contribution >= 4 is 16.0 Å². The molecule has 0 saturated heterocycles. The number of aliphatic carboxylic acids is 1. The molecule has 0 aliphatic carbocycles. The molecule has 0 unspecified atom stereocenters. The predicted octanol–water partition coefficient (Wildman–Crippen LogP) is 0.289. The maximum Gasteiger partial charge on any atom is 0.325 e. The highest BCUT2D eigenvalue weighted by Crippen LogP contribution is 2.19. The lowest BCUT2D eigenvalue weighted by Gasteiger charge is -2.07. The molecule has 1 aromatic heterocycles. The maximum absolute atomic E-state index is 12.3. The molecule has 1 heterocycles. The molecule has 0 aromatic carbocycles. The van der Waals surface area contributed by atoms with Gasteiger partial charge in [-0.05, 0) is 26.7 Å². The zero-order valence-electron chi connectivity index (χ0n) is 12.4. The second-order valence-electron chi connectivity index (χ2n) is 4.65. The monoisotopic (exact) mass is 319 g/mol. The maximum atomic E-state index is 12.3. The zero-order chi connectivity index (χ0) is 16.0. The molecule has 0 spiro atoms. The normalized spacial score (nSPS) is 11.8. The van der Waals surface area contributed by atoms with E-state index in [2.05, 4.69) is 9.82 Å². The molecule has 1 rings (SSSR count). The molecule has 0 saturated carbocycles. The van der Waals surface area contributed by atoms with Crippen molar-refractivity contribution in [3.63, 3.8) is 0 Å². The lowest BCUT2D eigenvalue weighted by Crippen LogP contribution is -2.26. The largest absolute Gasteiger partial charge is 0.480 e. The number of rotatable bonds is 9. The van der Waals surface area contributed by atoms with Crippen molar-refractivity contribution in [2.45, 2.75) is 38.1 Å². The zero-order valence-corrected chi connectivity index (χ0v) is 13.2. The summed E-state index contributed by atoms with van der Waals surface area (Å²) in [4.78, 5) is 10.8. The predicted molar refractivity (Wildman–Crippen MR) is 75.6 cm³/mol. The topological polar surface area (TPSA) is 111 Å². The lowest BCUT2D eigenvalue weighted by molar-refractivity contribution is -0.137. The van der Waals surface area contributed by atoms with Crippen LogP contribution in [0, 0.1) is 13.8 Å². The van der Waals surface area contributed by atoms with E-state index in [0.29, 0.717) is 25.3 Å². The van der Waals surface area contributed by atoms with Gasteiger partial charge >= 0.3 is 5.97 Å². The van der Waals surface area contributed by atoms with Gasteiger partial charge in [-0.3, -0.25) is 9.48 Å². The minimum Gasteiger partial charge on any atom is -0.480 e. The van der Waals surface area contributed by atoms with Gasteiger partial charge in [0.1, 0.15) is 11.4 Å². The van der Waals surface area contributed by atoms with E-state index in [-0.39, 0.29) is 17.1 Å². The number of hydrogen-bond donors (Lipinski definition) is 2. The summed E-state index contributed by atoms with van der Waals surface area (Å²) in [6.07, 6.45) is 1.42. The van der Waals surface area contributed by atoms with E-state index in [1.54, 1.807) is 21.0 Å². The molecule has 0 fully saturated rings. The molecule has 0 bridgehead atoms. The Morgan fingerprint density at radius 2 is 2.05 bits per heavy atom. The molecule has 0 aliphatic rings. The van der Waals surface area contributed by atoms with Crippen LogP contribution in [-0.2, 0) is 26.1 Å². The summed E-state index contributed by atoms with van der Waals surface area (Å²) in [6, 6.07) is 0. The Hall–Kier alpha value is -1.45. The fourth-order valence-corrected chi connectivity index (χ4v) is 3.48. The lowest BCUT2D eigenvalue weighted by atomic mass is 10.3. The summed E-state index contributed by atoms with van der Waals surface area (Å²) in [6.45, 7) is 3.61. The van der Waals surface area contributed by atoms with Crippen LogP contribution in [0.25, 0.3) is 0 Å². The number of sulfonamides is 1. The van der Waals surface area contributed by atoms with Gasteiger partial charge in [0.2, 0.25) is 10.0 Å². The first kappa shape index (κ1) is 17.6. The van der Waals surface area contributed by atoms with Crippen LogP contribution in [0.5, 0.6) is 0 Å². The first-order valence-electron chi connectivity index (χ1n) is 6.54. The van der Waals surface area contributed by atoms with Gasteiger partial charge in [0.25, 0.3) is 0 Å². The number of methoxy groups -OCH3 is 1. The third kappa shape index (κ3) is 4.80. The highest BCUT2D eigenvalue weighted by molar-refractivity contribution is 7.89. The standard InChI is InChI=1S/C12H21N3O5S/c1-9-12(10(2)15(14-9)8-11(16)17)21(18,19)13-6-4-5-7-20-3/h13H,4-8H2,1-3H3,(H,16,17). The molecule has 8 nitrogen and oxygen atoms in total. The third-order valence-electron chi connectivity index (χ3n) is 2.94. The summed E-state index contributed by atoms with van der Waals surface area (Å²) in [5.41, 5.74) is 0.609. The summed E-state index contributed by atoms with van der Waals surface area (Å²) in [7, 11) is -2.10. The van der Waals surface area contributed by atoms with Crippen molar-refractivity contribution in [1.29, 1.82) is 0 Å². The van der Waals surface area contributed by atoms with E-state index in [0.717, 1.165) is 6.42 Å². The van der Waals surface area contributed by atoms with E-state index in [9.17, 15) is 13.2 Å². The van der Waals surface area contributed by atoms with E-state index in [4.69, 9.17) is 9.84 Å². The number of unbranched alkanes of at least 4 members (excludes halogenated alkanes) is 1. The van der Waals surface area contributed by atoms with Gasteiger partial charge in [0.05, 0.1) is 11.4 Å². The van der Waals surface area contributed by atoms with E-state index < -0.39 is 16.0 Å². The molecule has 1 aromatic rings. The van der Waals surface area contributed by atoms with Crippen molar-refractivity contribution in [3.05, 3.63) is 11.4 Å². The van der Waals surface area contributed by atoms with Crippen LogP contribution in [0.2, 0.25) is 0 Å². The van der Waals surface area contributed by atoms with Crippen LogP contribution in [0.3, 0.4) is 0 Å². The molecular weight excluding hydrogens is 298 g/mol. The van der Waals surface area contributed by atoms with E-state index in [1.807, 2.05) is 0 Å². The number of hydrogen-bond acceptors (Lipinski definition) is 5. The SMILES string of the molecule is COCCCCNS(=O)(=O)c1c(C)nn(CC(=O)O)c1C. The Kier molecular flexibility index (Phi) is 6.31. The molecule has 0 amide bonds. The summed E-state index contributed by atoms with van der Waals surface area (Å²) < 4.78 is 33.1. The Balaban J connectivity index is 2.83. The Labute approximate surface area is 124 Å². The first-order valence-corrected chi connectivity index (χ1v) is 8.02. The second-order valence-corrected chi connectivity index (χ2v) is 6.35. The van der Waals surface area contributed by atoms with Crippen LogP contribution in [0.4, 0.5) is 0 Å². The molecule has 2 N–H and O–H groups in total. The molecule has 0 radical (unpaired) electrons. The smallest absolute Gasteiger partial charge is 0.325 e. The van der Waals surface area contributed by atoms with Gasteiger partial charge < -0.3 is 9.84 Å². The van der Waals surface area contributed by atoms with Crippen molar-refractivity contribution in [2.24, 2.45) is 0 Å². The van der Waals surface area contributed by atoms with Gasteiger partial charge in [0.15, 0.2) is 0 Å². The highest BCUT2D eigenvalue weighted by atomic mass is 32.2. The molecule has 21 heavy (non-hydrogen) atoms. The molecule has 120 valence electrons. The fraction of sp³-hybridized carbons (Fsp3) is 0.667. The van der Waals surface area contributed by atoms with Crippen molar-refractivity contribution in [3.8, 4) is 0 Å². The number of carbonyl (C=O) groups is 1. The van der Waals surface area contributed by atoms with Gasteiger partial charge in [-0.1, -0.05) is 0 Å². The number of nitrogens with one attached hydrogen (secondary N) is 1. The molecule has 0 aliphatic heterocycles. The van der Waals surface area contributed by atoms with Crippen LogP contribution >= 0.6 is 0 Å². The van der Waals surface area contributed by atoms with E-state index >= 15 is 0 Å². The fourth-order valence-electron chi connectivity index (χ4n) is 2.00. The van der Waals surface area contributed by atoms with Crippen LogP contribution in [0.15, 0.2) is 4.90 Å². The van der Waals surface area contributed by atoms with Gasteiger partial charge in [-0.15, -0.1) is 0 Å². The quantitative estimate of drug-likeness (QED) is 0.633. The molecule has 0 atom stereocenters. The van der Waals surface area contributed by atoms with Crippen LogP contribution in [-0.4, -0.2) is 49.5 Å². The Morgan fingerprint density at radius 3 is 2.62 bits per heavy atom. The van der Waals surface area contributed by atoms with Crippen molar-refractivity contribution in [1.82, 2.24) is 14.5 Å². The molecule has 9 heteroatoms. The van der Waals surface area contributed by atoms with E-state index in [1.165, 1.54) is 4.68 Å². The van der Waals surface area contributed by atoms with Crippen LogP contribution < -0.4 is 4.72 Å². The Morgan fingerprint density at radius 1 is 1.38 bits per heavy atom. The first-order chi connectivity index (χ1) is 9.79. The Bertz CT molecular complexity index is 594. The minimum atomic E-state index is -3.69. The summed E-state index contributed by atoms with van der Waals surface area (Å²) >= 11 is 0. The van der Waals surface area contributed by atoms with Crippen molar-refractivity contribution < 1.29 is 23.1 Å². The summed E-state index contributed by atoms with van der Waals surface area (Å²) in [5, 5.41) is 12.8. The number of nitrogens with zero attached hydrogens (tertiary/aromatic N) is 2. The third-order valence-corrected chi connectivity index (χ3v) is 4.65. The number of carboxylic acid groups (broad SMARTS) is 1. The number of ether oxygens (including phenoxy) is 1. The van der Waals surface area contributed by atoms with Gasteiger partial charge in [-0.2, -0.15) is 5.10 Å². The highest BCUT2D eigenvalue weighted by Gasteiger charge is 2.24. The van der Waals surface area contributed by atoms with Crippen molar-refractivity contribution in [2.75, 3.05) is 20.3 Å². The number of carboxylic acids is 1. The second kappa shape index (κ2) is 7.53. The number of aryl methyl sites for hydroxylation is 1. The van der Waals surface area contributed by atoms with Gasteiger partial charge in [-0.25, -0.2) is 13.1 Å².